The van der Waals surface area contributed by atoms with Gasteiger partial charge in [0.25, 0.3) is 0 Å². The predicted molar refractivity (Wildman–Crippen MR) is 254 cm³/mol. The summed E-state index contributed by atoms with van der Waals surface area (Å²) in [4.78, 5) is 64.1. The van der Waals surface area contributed by atoms with Gasteiger partial charge in [0.05, 0.1) is 42.2 Å². The number of hydrogen-bond acceptors (Lipinski definition) is 8. The lowest BCUT2D eigenvalue weighted by Crippen LogP contribution is -2.61. The minimum Gasteiger partial charge on any atom is -0.394 e. The molecule has 344 valence electrons. The van der Waals surface area contributed by atoms with Gasteiger partial charge in [-0.05, 0) is 22.0 Å². The fraction of sp³-hybridized carbons (Fsp3) is 0.346. The summed E-state index contributed by atoms with van der Waals surface area (Å²) in [7, 11) is 0. The molecule has 4 aromatic carbocycles. The molecule has 8 rings (SSSR count). The normalized spacial score (nSPS) is 17.7. The predicted octanol–water partition coefficient (Wildman–Crippen LogP) is 5.98. The highest BCUT2D eigenvalue weighted by Gasteiger charge is 2.45. The summed E-state index contributed by atoms with van der Waals surface area (Å²) in [6.07, 6.45) is 4.04. The van der Waals surface area contributed by atoms with Crippen molar-refractivity contribution in [2.24, 2.45) is 16.6 Å². The largest absolute Gasteiger partial charge is 0.394 e. The number of nitrogens with one attached hydrogen (secondary N) is 2. The van der Waals surface area contributed by atoms with E-state index in [1.165, 1.54) is 0 Å². The number of piperazine rings is 2. The Morgan fingerprint density at radius 1 is 0.576 bits per heavy atom. The molecule has 2 saturated heterocycles. The van der Waals surface area contributed by atoms with E-state index in [2.05, 4.69) is 64.8 Å². The summed E-state index contributed by atoms with van der Waals surface area (Å²) in [5.41, 5.74) is 10.9. The molecule has 2 fully saturated rings. The lowest BCUT2D eigenvalue weighted by Gasteiger charge is -2.43. The number of aromatic nitrogens is 4. The third-order valence-corrected chi connectivity index (χ3v) is 11.8. The molecule has 4 atom stereocenters. The van der Waals surface area contributed by atoms with Crippen molar-refractivity contribution in [2.45, 2.75) is 78.8 Å². The molecule has 6 aromatic rings. The Kier molecular flexibility index (Phi) is 14.3. The molecule has 0 unspecified atom stereocenters. The average molecular weight is 892 g/mol. The van der Waals surface area contributed by atoms with E-state index in [-0.39, 0.29) is 31.2 Å². The van der Waals surface area contributed by atoms with Crippen LogP contribution in [0.4, 0.5) is 0 Å². The molecule has 5 N–H and O–H groups in total. The first-order chi connectivity index (χ1) is 31.5. The first-order valence-electron chi connectivity index (χ1n) is 22.4. The third-order valence-electron chi connectivity index (χ3n) is 11.8. The summed E-state index contributed by atoms with van der Waals surface area (Å²) in [6.45, 7) is 14.1. The van der Waals surface area contributed by atoms with Crippen LogP contribution in [0, 0.1) is 10.8 Å². The van der Waals surface area contributed by atoms with Gasteiger partial charge in [-0.1, -0.05) is 163 Å². The highest BCUT2D eigenvalue weighted by atomic mass is 16.3. The molecule has 14 nitrogen and oxygen atoms in total. The third kappa shape index (κ3) is 10.8. The van der Waals surface area contributed by atoms with Gasteiger partial charge in [-0.25, -0.2) is 9.97 Å². The van der Waals surface area contributed by atoms with Gasteiger partial charge in [0.1, 0.15) is 11.6 Å². The van der Waals surface area contributed by atoms with E-state index in [0.717, 1.165) is 39.5 Å². The summed E-state index contributed by atoms with van der Waals surface area (Å²) >= 11 is 0. The lowest BCUT2D eigenvalue weighted by molar-refractivity contribution is -0.154. The van der Waals surface area contributed by atoms with Gasteiger partial charge in [0.2, 0.25) is 0 Å². The topological polar surface area (TPSA) is 181 Å². The summed E-state index contributed by atoms with van der Waals surface area (Å²) < 4.78 is 4.17. The first kappa shape index (κ1) is 47.1. The number of rotatable bonds is 12. The number of imidazole rings is 2. The van der Waals surface area contributed by atoms with Crippen LogP contribution in [0.3, 0.4) is 0 Å². The molecular weight excluding hydrogens is 831 g/mol. The second kappa shape index (κ2) is 20.1. The number of carbonyl (C=O) groups is 4. The summed E-state index contributed by atoms with van der Waals surface area (Å²) in [5, 5.41) is 15.0. The average Bonchev–Trinajstić information content (AvgIpc) is 3.91. The van der Waals surface area contributed by atoms with Gasteiger partial charge in [-0.2, -0.15) is 0 Å². The van der Waals surface area contributed by atoms with Crippen molar-refractivity contribution in [3.63, 3.8) is 0 Å². The maximum absolute atomic E-state index is 13.0. The van der Waals surface area contributed by atoms with Gasteiger partial charge in [-0.15, -0.1) is 0 Å². The zero-order valence-electron chi connectivity index (χ0n) is 38.6. The molecule has 2 aromatic heterocycles. The maximum Gasteiger partial charge on any atom is 0.312 e. The number of carbonyl (C=O) groups excluding carboxylic acids is 4. The van der Waals surface area contributed by atoms with E-state index in [1.54, 1.807) is 9.80 Å². The molecule has 0 spiro atoms. The minimum atomic E-state index is -0.695. The van der Waals surface area contributed by atoms with Crippen molar-refractivity contribution < 1.29 is 24.3 Å². The van der Waals surface area contributed by atoms with Gasteiger partial charge in [0.15, 0.2) is 0 Å². The highest BCUT2D eigenvalue weighted by molar-refractivity contribution is 6.36. The van der Waals surface area contributed by atoms with Crippen LogP contribution < -0.4 is 16.4 Å². The lowest BCUT2D eigenvalue weighted by atomic mass is 9.84. The molecule has 0 saturated carbocycles. The van der Waals surface area contributed by atoms with Crippen molar-refractivity contribution >= 4 is 23.6 Å². The molecule has 14 heteroatoms. The van der Waals surface area contributed by atoms with Gasteiger partial charge in [0, 0.05) is 56.2 Å². The standard InChI is InChI=1S/C26H31N5O2.C26H30N4O3/c1-26(2,3)22(31-16-20(14-27)28-24(32)25(31)33)23-29-21(19-12-8-5-9-13-19)17-30(23)15-18-10-6-4-7-11-18;1-26(2,3)22(30-15-20(17-31)27-24(32)25(30)33)23-28-21(19-12-8-5-9-13-19)16-29(23)14-18-10-6-4-7-11-18/h4-13,17,20,22H,14-16,27H2,1-3H3,(H,28,32);4-13,16,20,22,31H,14-15,17H2,1-3H3,(H,27,32)/t20-,22+;20-,22-/m10/s1. The number of nitrogens with zero attached hydrogens (tertiary/aromatic N) is 6. The fourth-order valence-corrected chi connectivity index (χ4v) is 8.76. The molecule has 2 aliphatic heterocycles. The number of aliphatic hydroxyl groups excluding tert-OH is 1. The fourth-order valence-electron chi connectivity index (χ4n) is 8.76. The minimum absolute atomic E-state index is 0.224. The van der Waals surface area contributed by atoms with Crippen molar-refractivity contribution in [3.8, 4) is 22.5 Å². The van der Waals surface area contributed by atoms with Crippen molar-refractivity contribution in [3.05, 3.63) is 156 Å². The van der Waals surface area contributed by atoms with Crippen LogP contribution in [0.2, 0.25) is 0 Å². The van der Waals surface area contributed by atoms with E-state index >= 15 is 0 Å². The molecule has 0 aliphatic carbocycles. The van der Waals surface area contributed by atoms with E-state index in [1.807, 2.05) is 130 Å². The Morgan fingerprint density at radius 3 is 1.27 bits per heavy atom. The quantitative estimate of drug-likeness (QED) is 0.108. The Balaban J connectivity index is 0.000000196. The number of hydrogen-bond donors (Lipinski definition) is 4. The van der Waals surface area contributed by atoms with E-state index in [0.29, 0.717) is 25.5 Å². The number of amides is 4. The molecule has 0 radical (unpaired) electrons. The van der Waals surface area contributed by atoms with Crippen LogP contribution in [-0.2, 0) is 32.3 Å². The van der Waals surface area contributed by atoms with Crippen molar-refractivity contribution in [1.82, 2.24) is 39.5 Å². The zero-order chi connectivity index (χ0) is 47.2. The Morgan fingerprint density at radius 2 is 0.924 bits per heavy atom. The molecule has 0 bridgehead atoms. The summed E-state index contributed by atoms with van der Waals surface area (Å²) in [5.74, 6) is -0.992. The van der Waals surface area contributed by atoms with Gasteiger partial charge < -0.3 is 40.4 Å². The number of aliphatic hydroxyl groups is 1. The van der Waals surface area contributed by atoms with Gasteiger partial charge >= 0.3 is 23.6 Å². The first-order valence-corrected chi connectivity index (χ1v) is 22.4. The SMILES string of the molecule is CC(C)(C)[C@H](c1nc(-c2ccccc2)cn1Cc1ccccc1)N1C[C@@H](CN)NC(=O)C1=O.CC(C)(C)[C@H](c1nc(-c2ccccc2)cn1Cc1ccccc1)N1C[C@@H](CO)NC(=O)C1=O. The van der Waals surface area contributed by atoms with Crippen molar-refractivity contribution in [1.29, 1.82) is 0 Å². The molecule has 2 aliphatic rings. The Hall–Kier alpha value is -6.90. The molecular formula is C52H61N9O5. The second-order valence-electron chi connectivity index (χ2n) is 19.1. The van der Waals surface area contributed by atoms with Crippen LogP contribution in [0.5, 0.6) is 0 Å². The van der Waals surface area contributed by atoms with Gasteiger partial charge in [-0.3, -0.25) is 19.2 Å². The van der Waals surface area contributed by atoms with E-state index in [9.17, 15) is 24.3 Å². The molecule has 4 amide bonds. The van der Waals surface area contributed by atoms with Crippen LogP contribution in [0.1, 0.15) is 76.4 Å². The smallest absolute Gasteiger partial charge is 0.312 e. The maximum atomic E-state index is 13.0. The van der Waals surface area contributed by atoms with Crippen LogP contribution in [0.15, 0.2) is 134 Å². The van der Waals surface area contributed by atoms with Crippen LogP contribution in [0.25, 0.3) is 22.5 Å². The van der Waals surface area contributed by atoms with E-state index < -0.39 is 47.2 Å². The molecule has 4 heterocycles. The van der Waals surface area contributed by atoms with Crippen molar-refractivity contribution in [2.75, 3.05) is 26.2 Å². The molecule has 66 heavy (non-hydrogen) atoms. The summed E-state index contributed by atoms with van der Waals surface area (Å²) in [6, 6.07) is 38.5. The number of benzene rings is 4. The highest BCUT2D eigenvalue weighted by Crippen LogP contribution is 2.41. The Bertz CT molecular complexity index is 2420. The monoisotopic (exact) mass is 891 g/mol. The Labute approximate surface area is 386 Å². The second-order valence-corrected chi connectivity index (χ2v) is 19.1. The van der Waals surface area contributed by atoms with E-state index in [4.69, 9.17) is 15.7 Å². The van der Waals surface area contributed by atoms with Crippen LogP contribution in [-0.4, -0.2) is 96.0 Å². The zero-order valence-corrected chi connectivity index (χ0v) is 38.6. The van der Waals surface area contributed by atoms with Crippen LogP contribution >= 0.6 is 0 Å². The number of nitrogens with two attached hydrogens (primary N) is 1.